The minimum absolute atomic E-state index is 0.337. The van der Waals surface area contributed by atoms with Crippen molar-refractivity contribution in [2.75, 3.05) is 6.61 Å². The van der Waals surface area contributed by atoms with Crippen LogP contribution in [0.1, 0.15) is 21.5 Å². The maximum absolute atomic E-state index is 11.6. The minimum Gasteiger partial charge on any atom is -0.368 e. The zero-order chi connectivity index (χ0) is 12.1. The number of hydroxylamine groups is 1. The number of rotatable bonds is 4. The lowest BCUT2D eigenvalue weighted by Crippen LogP contribution is -2.29. The smallest absolute Gasteiger partial charge is 0.275 e. The molecule has 5 nitrogen and oxygen atoms in total. The molecular formula is C11H14N2O3. The second kappa shape index (κ2) is 5.27. The van der Waals surface area contributed by atoms with Gasteiger partial charge >= 0.3 is 0 Å². The Balaban J connectivity index is 2.66. The van der Waals surface area contributed by atoms with Crippen LogP contribution in [0, 0.1) is 13.8 Å². The summed E-state index contributed by atoms with van der Waals surface area (Å²) in [6, 6.07) is 5.38. The van der Waals surface area contributed by atoms with E-state index < -0.39 is 5.91 Å². The monoisotopic (exact) mass is 222 g/mol. The molecule has 5 heteroatoms. The highest BCUT2D eigenvalue weighted by atomic mass is 16.7. The number of nitrogens with two attached hydrogens (primary N) is 1. The first-order valence-electron chi connectivity index (χ1n) is 4.79. The molecule has 16 heavy (non-hydrogen) atoms. The molecule has 0 spiro atoms. The van der Waals surface area contributed by atoms with Crippen LogP contribution in [-0.4, -0.2) is 18.4 Å². The predicted octanol–water partition coefficient (Wildman–Crippen LogP) is 0.450. The Labute approximate surface area is 93.5 Å². The van der Waals surface area contributed by atoms with Gasteiger partial charge in [-0.1, -0.05) is 12.1 Å². The van der Waals surface area contributed by atoms with Gasteiger partial charge in [-0.15, -0.1) is 0 Å². The first kappa shape index (κ1) is 12.2. The van der Waals surface area contributed by atoms with Gasteiger partial charge in [-0.25, -0.2) is 5.48 Å². The fourth-order valence-electron chi connectivity index (χ4n) is 1.22. The van der Waals surface area contributed by atoms with Crippen LogP contribution in [0.15, 0.2) is 18.2 Å². The van der Waals surface area contributed by atoms with Gasteiger partial charge in [0.1, 0.15) is 0 Å². The summed E-state index contributed by atoms with van der Waals surface area (Å²) in [6.45, 7) is 3.42. The number of amides is 2. The topological polar surface area (TPSA) is 81.4 Å². The lowest BCUT2D eigenvalue weighted by molar-refractivity contribution is -0.124. The standard InChI is InChI=1S/C11H14N2O3/c1-7-4-3-5-9(8(7)2)11(15)13-16-6-10(12)14/h3-5H,6H2,1-2H3,(H2,12,14)(H,13,15). The van der Waals surface area contributed by atoms with Gasteiger partial charge in [-0.2, -0.15) is 0 Å². The van der Waals surface area contributed by atoms with Gasteiger partial charge in [-0.05, 0) is 31.0 Å². The van der Waals surface area contributed by atoms with Gasteiger partial charge in [0.25, 0.3) is 5.91 Å². The quantitative estimate of drug-likeness (QED) is 0.726. The second-order valence-corrected chi connectivity index (χ2v) is 3.43. The Morgan fingerprint density at radius 1 is 1.38 bits per heavy atom. The van der Waals surface area contributed by atoms with Gasteiger partial charge in [0.15, 0.2) is 6.61 Å². The third-order valence-corrected chi connectivity index (χ3v) is 2.23. The first-order valence-corrected chi connectivity index (χ1v) is 4.79. The Morgan fingerprint density at radius 3 is 2.69 bits per heavy atom. The van der Waals surface area contributed by atoms with Gasteiger partial charge in [0.2, 0.25) is 5.91 Å². The molecule has 0 unspecified atom stereocenters. The summed E-state index contributed by atoms with van der Waals surface area (Å²) in [4.78, 5) is 26.6. The number of benzene rings is 1. The fourth-order valence-corrected chi connectivity index (χ4v) is 1.22. The summed E-state index contributed by atoms with van der Waals surface area (Å²) in [5, 5.41) is 0. The Bertz CT molecular complexity index is 416. The highest BCUT2D eigenvalue weighted by molar-refractivity contribution is 5.95. The van der Waals surface area contributed by atoms with Gasteiger partial charge in [-0.3, -0.25) is 14.4 Å². The maximum Gasteiger partial charge on any atom is 0.275 e. The molecule has 86 valence electrons. The van der Waals surface area contributed by atoms with Gasteiger partial charge in [0.05, 0.1) is 0 Å². The molecule has 0 atom stereocenters. The van der Waals surface area contributed by atoms with Crippen molar-refractivity contribution in [2.45, 2.75) is 13.8 Å². The SMILES string of the molecule is Cc1cccc(C(=O)NOCC(N)=O)c1C. The number of hydrogen-bond donors (Lipinski definition) is 2. The van der Waals surface area contributed by atoms with Crippen molar-refractivity contribution >= 4 is 11.8 Å². The van der Waals surface area contributed by atoms with E-state index in [1.54, 1.807) is 12.1 Å². The summed E-state index contributed by atoms with van der Waals surface area (Å²) in [6.07, 6.45) is 0. The zero-order valence-corrected chi connectivity index (χ0v) is 9.24. The third kappa shape index (κ3) is 3.06. The molecule has 1 aromatic carbocycles. The zero-order valence-electron chi connectivity index (χ0n) is 9.24. The van der Waals surface area contributed by atoms with Crippen LogP contribution in [-0.2, 0) is 9.63 Å². The molecule has 1 aromatic rings. The number of primary amides is 1. The van der Waals surface area contributed by atoms with Crippen molar-refractivity contribution < 1.29 is 14.4 Å². The molecule has 0 aliphatic rings. The van der Waals surface area contributed by atoms with Crippen LogP contribution in [0.25, 0.3) is 0 Å². The minimum atomic E-state index is -0.638. The van der Waals surface area contributed by atoms with Crippen LogP contribution >= 0.6 is 0 Å². The summed E-state index contributed by atoms with van der Waals surface area (Å²) in [5.41, 5.74) is 9.43. The van der Waals surface area contributed by atoms with Crippen molar-refractivity contribution in [2.24, 2.45) is 5.73 Å². The van der Waals surface area contributed by atoms with E-state index >= 15 is 0 Å². The molecule has 0 heterocycles. The Hall–Kier alpha value is -1.88. The fraction of sp³-hybridized carbons (Fsp3) is 0.273. The molecule has 0 radical (unpaired) electrons. The van der Waals surface area contributed by atoms with Crippen molar-refractivity contribution in [1.82, 2.24) is 5.48 Å². The maximum atomic E-state index is 11.6. The highest BCUT2D eigenvalue weighted by Crippen LogP contribution is 2.12. The summed E-state index contributed by atoms with van der Waals surface area (Å²) in [5.74, 6) is -1.02. The largest absolute Gasteiger partial charge is 0.368 e. The molecule has 3 N–H and O–H groups in total. The van der Waals surface area contributed by atoms with Gasteiger partial charge < -0.3 is 5.73 Å². The molecule has 1 rings (SSSR count). The van der Waals surface area contributed by atoms with E-state index in [1.807, 2.05) is 19.9 Å². The molecule has 0 aromatic heterocycles. The van der Waals surface area contributed by atoms with E-state index in [2.05, 4.69) is 10.3 Å². The van der Waals surface area contributed by atoms with Crippen LogP contribution in [0.4, 0.5) is 0 Å². The van der Waals surface area contributed by atoms with Gasteiger partial charge in [0, 0.05) is 5.56 Å². The molecular weight excluding hydrogens is 208 g/mol. The van der Waals surface area contributed by atoms with Crippen molar-refractivity contribution in [1.29, 1.82) is 0 Å². The molecule has 0 bridgehead atoms. The van der Waals surface area contributed by atoms with Crippen LogP contribution in [0.3, 0.4) is 0 Å². The van der Waals surface area contributed by atoms with Crippen molar-refractivity contribution in [3.8, 4) is 0 Å². The summed E-state index contributed by atoms with van der Waals surface area (Å²) < 4.78 is 0. The molecule has 0 aliphatic heterocycles. The van der Waals surface area contributed by atoms with E-state index in [1.165, 1.54) is 0 Å². The van der Waals surface area contributed by atoms with E-state index in [9.17, 15) is 9.59 Å². The Kier molecular flexibility index (Phi) is 4.02. The third-order valence-electron chi connectivity index (χ3n) is 2.23. The summed E-state index contributed by atoms with van der Waals surface area (Å²) in [7, 11) is 0. The lowest BCUT2D eigenvalue weighted by atomic mass is 10.0. The molecule has 0 saturated heterocycles. The number of hydrogen-bond acceptors (Lipinski definition) is 3. The molecule has 0 saturated carbocycles. The van der Waals surface area contributed by atoms with Crippen molar-refractivity contribution in [3.05, 3.63) is 34.9 Å². The summed E-state index contributed by atoms with van der Waals surface area (Å²) >= 11 is 0. The molecule has 0 aliphatic carbocycles. The van der Waals surface area contributed by atoms with Crippen LogP contribution in [0.5, 0.6) is 0 Å². The van der Waals surface area contributed by atoms with Crippen LogP contribution in [0.2, 0.25) is 0 Å². The lowest BCUT2D eigenvalue weighted by Gasteiger charge is -2.08. The van der Waals surface area contributed by atoms with Crippen LogP contribution < -0.4 is 11.2 Å². The Morgan fingerprint density at radius 2 is 2.06 bits per heavy atom. The number of carbonyl (C=O) groups is 2. The normalized spacial score (nSPS) is 9.88. The average Bonchev–Trinajstić information content (AvgIpc) is 2.21. The van der Waals surface area contributed by atoms with E-state index in [-0.39, 0.29) is 12.5 Å². The van der Waals surface area contributed by atoms with E-state index in [0.717, 1.165) is 11.1 Å². The number of nitrogens with one attached hydrogen (secondary N) is 1. The molecule has 2 amide bonds. The number of aryl methyl sites for hydroxylation is 1. The van der Waals surface area contributed by atoms with Crippen molar-refractivity contribution in [3.63, 3.8) is 0 Å². The molecule has 0 fully saturated rings. The predicted molar refractivity (Wildman–Crippen MR) is 58.5 cm³/mol. The number of carbonyl (C=O) groups excluding carboxylic acids is 2. The average molecular weight is 222 g/mol. The van der Waals surface area contributed by atoms with E-state index in [4.69, 9.17) is 5.73 Å². The second-order valence-electron chi connectivity index (χ2n) is 3.43. The van der Waals surface area contributed by atoms with E-state index in [0.29, 0.717) is 5.56 Å². The highest BCUT2D eigenvalue weighted by Gasteiger charge is 2.10. The first-order chi connectivity index (χ1) is 7.52.